The van der Waals surface area contributed by atoms with Gasteiger partial charge in [-0.1, -0.05) is 41.7 Å². The van der Waals surface area contributed by atoms with Crippen LogP contribution in [0.3, 0.4) is 0 Å². The average Bonchev–Trinajstić information content (AvgIpc) is 3.12. The van der Waals surface area contributed by atoms with Gasteiger partial charge in [0.2, 0.25) is 5.91 Å². The van der Waals surface area contributed by atoms with E-state index in [1.165, 1.54) is 18.2 Å². The summed E-state index contributed by atoms with van der Waals surface area (Å²) in [6, 6.07) is 19.4. The summed E-state index contributed by atoms with van der Waals surface area (Å²) in [6.07, 6.45) is 2.86. The second-order valence-electron chi connectivity index (χ2n) is 5.17. The largest absolute Gasteiger partial charge is 0.455 e. The fourth-order valence-corrected chi connectivity index (χ4v) is 2.86. The smallest absolute Gasteiger partial charge is 0.324 e. The number of hydrogen-bond acceptors (Lipinski definition) is 5. The second-order valence-corrected chi connectivity index (χ2v) is 6.26. The van der Waals surface area contributed by atoms with Gasteiger partial charge in [0.05, 0.1) is 10.6 Å². The number of amides is 1. The number of rotatable bonds is 6. The molecular formula is C19H14N2O4S. The zero-order valence-electron chi connectivity index (χ0n) is 13.5. The van der Waals surface area contributed by atoms with E-state index in [0.29, 0.717) is 22.1 Å². The van der Waals surface area contributed by atoms with Gasteiger partial charge in [-0.2, -0.15) is 0 Å². The van der Waals surface area contributed by atoms with Crippen LogP contribution < -0.4 is 10.1 Å². The molecule has 0 saturated carbocycles. The quantitative estimate of drug-likeness (QED) is 0.374. The molecule has 130 valence electrons. The SMILES string of the molecule is O=C(C=Cc1ccc([N+](=O)[O-])s1)Nc1ccccc1Oc1ccccc1. The summed E-state index contributed by atoms with van der Waals surface area (Å²) in [4.78, 5) is 23.0. The van der Waals surface area contributed by atoms with Crippen molar-refractivity contribution < 1.29 is 14.5 Å². The number of carbonyl (C=O) groups excluding carboxylic acids is 1. The first-order chi connectivity index (χ1) is 12.6. The first kappa shape index (κ1) is 17.4. The number of benzene rings is 2. The number of anilines is 1. The predicted octanol–water partition coefficient (Wildman–Crippen LogP) is 5.10. The minimum atomic E-state index is -0.459. The molecular weight excluding hydrogens is 352 g/mol. The topological polar surface area (TPSA) is 81.5 Å². The van der Waals surface area contributed by atoms with E-state index in [-0.39, 0.29) is 10.9 Å². The molecule has 0 bridgehead atoms. The number of nitro groups is 1. The first-order valence-electron chi connectivity index (χ1n) is 7.67. The van der Waals surface area contributed by atoms with Gasteiger partial charge in [-0.25, -0.2) is 0 Å². The number of carbonyl (C=O) groups is 1. The van der Waals surface area contributed by atoms with Crippen LogP contribution in [-0.4, -0.2) is 10.8 Å². The van der Waals surface area contributed by atoms with Gasteiger partial charge in [0.25, 0.3) is 0 Å². The van der Waals surface area contributed by atoms with Crippen molar-refractivity contribution in [2.75, 3.05) is 5.32 Å². The number of nitrogens with one attached hydrogen (secondary N) is 1. The standard InChI is InChI=1S/C19H14N2O4S/c22-18(12-10-15-11-13-19(26-15)21(23)24)20-16-8-4-5-9-17(16)25-14-6-2-1-3-7-14/h1-13H,(H,20,22). The molecule has 0 unspecified atom stereocenters. The Labute approximate surface area is 153 Å². The maximum atomic E-state index is 12.1. The summed E-state index contributed by atoms with van der Waals surface area (Å²) in [5.41, 5.74) is 0.531. The molecule has 3 rings (SSSR count). The zero-order valence-corrected chi connectivity index (χ0v) is 14.3. The fourth-order valence-electron chi connectivity index (χ4n) is 2.14. The summed E-state index contributed by atoms with van der Waals surface area (Å²) < 4.78 is 5.79. The number of hydrogen-bond donors (Lipinski definition) is 1. The molecule has 0 aliphatic heterocycles. The summed E-state index contributed by atoms with van der Waals surface area (Å²) in [5, 5.41) is 13.5. The van der Waals surface area contributed by atoms with E-state index >= 15 is 0 Å². The summed E-state index contributed by atoms with van der Waals surface area (Å²) in [5.74, 6) is 0.827. The third-order valence-electron chi connectivity index (χ3n) is 3.31. The normalized spacial score (nSPS) is 10.6. The van der Waals surface area contributed by atoms with Gasteiger partial charge >= 0.3 is 5.00 Å². The zero-order chi connectivity index (χ0) is 18.4. The van der Waals surface area contributed by atoms with Crippen molar-refractivity contribution in [1.29, 1.82) is 0 Å². The van der Waals surface area contributed by atoms with E-state index in [2.05, 4.69) is 5.32 Å². The van der Waals surface area contributed by atoms with Crippen molar-refractivity contribution in [3.63, 3.8) is 0 Å². The van der Waals surface area contributed by atoms with Crippen LogP contribution in [0.15, 0.2) is 72.8 Å². The van der Waals surface area contributed by atoms with Gasteiger partial charge in [0, 0.05) is 17.0 Å². The van der Waals surface area contributed by atoms with Crippen LogP contribution >= 0.6 is 11.3 Å². The van der Waals surface area contributed by atoms with Gasteiger partial charge in [0.15, 0.2) is 5.75 Å². The number of ether oxygens (including phenoxy) is 1. The Morgan fingerprint density at radius 3 is 2.50 bits per heavy atom. The van der Waals surface area contributed by atoms with E-state index in [4.69, 9.17) is 4.74 Å². The van der Waals surface area contributed by atoms with Crippen LogP contribution in [0.25, 0.3) is 6.08 Å². The molecule has 3 aromatic rings. The van der Waals surface area contributed by atoms with Gasteiger partial charge < -0.3 is 10.1 Å². The van der Waals surface area contributed by atoms with Crippen LogP contribution in [-0.2, 0) is 4.79 Å². The van der Waals surface area contributed by atoms with E-state index in [1.807, 2.05) is 36.4 Å². The minimum absolute atomic E-state index is 0.0339. The van der Waals surface area contributed by atoms with Gasteiger partial charge in [-0.15, -0.1) is 0 Å². The van der Waals surface area contributed by atoms with E-state index in [1.54, 1.807) is 24.3 Å². The summed E-state index contributed by atoms with van der Waals surface area (Å²) in [7, 11) is 0. The maximum Gasteiger partial charge on any atom is 0.324 e. The lowest BCUT2D eigenvalue weighted by Gasteiger charge is -2.11. The maximum absolute atomic E-state index is 12.1. The van der Waals surface area contributed by atoms with Crippen molar-refractivity contribution in [1.82, 2.24) is 0 Å². The van der Waals surface area contributed by atoms with Crippen LogP contribution in [0.5, 0.6) is 11.5 Å². The molecule has 7 heteroatoms. The summed E-state index contributed by atoms with van der Waals surface area (Å²) >= 11 is 1.00. The molecule has 0 radical (unpaired) electrons. The van der Waals surface area contributed by atoms with Gasteiger partial charge in [0.1, 0.15) is 5.75 Å². The van der Waals surface area contributed by atoms with Crippen LogP contribution in [0.2, 0.25) is 0 Å². The lowest BCUT2D eigenvalue weighted by Crippen LogP contribution is -2.08. The second kappa shape index (κ2) is 8.09. The third kappa shape index (κ3) is 4.55. The fraction of sp³-hybridized carbons (Fsp3) is 0. The number of thiophene rings is 1. The molecule has 0 spiro atoms. The highest BCUT2D eigenvalue weighted by Gasteiger charge is 2.09. The summed E-state index contributed by atoms with van der Waals surface area (Å²) in [6.45, 7) is 0. The lowest BCUT2D eigenvalue weighted by molar-refractivity contribution is -0.380. The van der Waals surface area contributed by atoms with Crippen molar-refractivity contribution >= 4 is 34.0 Å². The molecule has 26 heavy (non-hydrogen) atoms. The monoisotopic (exact) mass is 366 g/mol. The highest BCUT2D eigenvalue weighted by molar-refractivity contribution is 7.16. The minimum Gasteiger partial charge on any atom is -0.455 e. The molecule has 0 aliphatic carbocycles. The van der Waals surface area contributed by atoms with Crippen molar-refractivity contribution in [3.05, 3.63) is 87.8 Å². The highest BCUT2D eigenvalue weighted by atomic mass is 32.1. The molecule has 6 nitrogen and oxygen atoms in total. The van der Waals surface area contributed by atoms with Gasteiger partial charge in [-0.3, -0.25) is 14.9 Å². The van der Waals surface area contributed by atoms with Crippen LogP contribution in [0, 0.1) is 10.1 Å². The Balaban J connectivity index is 1.69. The first-order valence-corrected chi connectivity index (χ1v) is 8.49. The molecule has 0 fully saturated rings. The Bertz CT molecular complexity index is 951. The Morgan fingerprint density at radius 1 is 1.04 bits per heavy atom. The predicted molar refractivity (Wildman–Crippen MR) is 102 cm³/mol. The number of para-hydroxylation sites is 3. The van der Waals surface area contributed by atoms with E-state index < -0.39 is 4.92 Å². The molecule has 0 atom stereocenters. The van der Waals surface area contributed by atoms with Crippen molar-refractivity contribution in [3.8, 4) is 11.5 Å². The molecule has 1 amide bonds. The Kier molecular flexibility index (Phi) is 5.40. The molecule has 2 aromatic carbocycles. The van der Waals surface area contributed by atoms with Gasteiger partial charge in [-0.05, 0) is 36.4 Å². The highest BCUT2D eigenvalue weighted by Crippen LogP contribution is 2.29. The lowest BCUT2D eigenvalue weighted by atomic mass is 10.2. The van der Waals surface area contributed by atoms with Crippen molar-refractivity contribution in [2.24, 2.45) is 0 Å². The Morgan fingerprint density at radius 2 is 1.77 bits per heavy atom. The van der Waals surface area contributed by atoms with Crippen molar-refractivity contribution in [2.45, 2.75) is 0 Å². The molecule has 0 saturated heterocycles. The molecule has 0 aliphatic rings. The van der Waals surface area contributed by atoms with Crippen LogP contribution in [0.4, 0.5) is 10.7 Å². The average molecular weight is 366 g/mol. The molecule has 1 aromatic heterocycles. The Hall–Kier alpha value is -3.45. The molecule has 1 N–H and O–H groups in total. The van der Waals surface area contributed by atoms with Crippen LogP contribution in [0.1, 0.15) is 4.88 Å². The van der Waals surface area contributed by atoms with E-state index in [0.717, 1.165) is 11.3 Å². The number of nitrogens with zero attached hydrogens (tertiary/aromatic N) is 1. The molecule has 1 heterocycles. The third-order valence-corrected chi connectivity index (χ3v) is 4.31. The van der Waals surface area contributed by atoms with E-state index in [9.17, 15) is 14.9 Å².